The van der Waals surface area contributed by atoms with Crippen molar-refractivity contribution < 1.29 is 9.53 Å². The quantitative estimate of drug-likeness (QED) is 0.543. The molecule has 160 valence electrons. The van der Waals surface area contributed by atoms with Gasteiger partial charge in [0.2, 0.25) is 11.8 Å². The number of rotatable bonds is 7. The summed E-state index contributed by atoms with van der Waals surface area (Å²) in [4.78, 5) is 22.9. The highest BCUT2D eigenvalue weighted by atomic mass is 16.5. The Bertz CT molecular complexity index is 688. The number of hydrogen-bond donors (Lipinski definition) is 2. The van der Waals surface area contributed by atoms with Gasteiger partial charge in [-0.15, -0.1) is 0 Å². The average molecular weight is 402 g/mol. The minimum Gasteiger partial charge on any atom is -0.474 e. The van der Waals surface area contributed by atoms with E-state index in [2.05, 4.69) is 22.5 Å². The smallest absolute Gasteiger partial charge is 0.222 e. The van der Waals surface area contributed by atoms with Crippen LogP contribution in [-0.2, 0) is 11.3 Å². The first-order valence-corrected chi connectivity index (χ1v) is 11.1. The van der Waals surface area contributed by atoms with Gasteiger partial charge in [-0.25, -0.2) is 9.98 Å². The topological polar surface area (TPSA) is 78.9 Å². The molecule has 7 heteroatoms. The molecule has 1 amide bonds. The summed E-state index contributed by atoms with van der Waals surface area (Å²) in [5.74, 6) is 1.71. The molecule has 0 aromatic carbocycles. The molecule has 1 unspecified atom stereocenters. The summed E-state index contributed by atoms with van der Waals surface area (Å²) >= 11 is 0. The average Bonchev–Trinajstić information content (AvgIpc) is 3.21. The second-order valence-electron chi connectivity index (χ2n) is 7.90. The Morgan fingerprint density at radius 3 is 2.86 bits per heavy atom. The third-order valence-electron chi connectivity index (χ3n) is 5.59. The zero-order valence-electron chi connectivity index (χ0n) is 17.8. The highest BCUT2D eigenvalue weighted by Gasteiger charge is 2.25. The maximum atomic E-state index is 11.9. The zero-order chi connectivity index (χ0) is 20.5. The van der Waals surface area contributed by atoms with Crippen molar-refractivity contribution in [2.75, 3.05) is 19.6 Å². The van der Waals surface area contributed by atoms with E-state index in [9.17, 15) is 4.79 Å². The number of carbonyl (C=O) groups is 1. The number of amides is 1. The highest BCUT2D eigenvalue weighted by molar-refractivity contribution is 5.80. The summed E-state index contributed by atoms with van der Waals surface area (Å²) in [6.07, 6.45) is 9.66. The molecule has 1 aromatic heterocycles. The number of pyridine rings is 1. The van der Waals surface area contributed by atoms with Gasteiger partial charge in [-0.2, -0.15) is 0 Å². The molecule has 1 aliphatic carbocycles. The van der Waals surface area contributed by atoms with E-state index in [0.29, 0.717) is 24.9 Å². The van der Waals surface area contributed by atoms with Gasteiger partial charge in [-0.3, -0.25) is 4.79 Å². The summed E-state index contributed by atoms with van der Waals surface area (Å²) < 4.78 is 6.07. The maximum absolute atomic E-state index is 11.9. The van der Waals surface area contributed by atoms with E-state index in [1.807, 2.05) is 24.0 Å². The van der Waals surface area contributed by atoms with Crippen molar-refractivity contribution in [3.63, 3.8) is 0 Å². The summed E-state index contributed by atoms with van der Waals surface area (Å²) in [5.41, 5.74) is 1.08. The number of aromatic nitrogens is 1. The predicted octanol–water partition coefficient (Wildman–Crippen LogP) is 2.86. The molecule has 2 aliphatic rings. The molecule has 0 bridgehead atoms. The minimum atomic E-state index is 0.221. The first kappa shape index (κ1) is 21.4. The van der Waals surface area contributed by atoms with Crippen LogP contribution in [0.3, 0.4) is 0 Å². The lowest BCUT2D eigenvalue weighted by Gasteiger charge is -2.22. The standard InChI is InChI=1S/C22H35N5O2/c1-3-21(28)27-13-11-18(16-27)26-22(23-4-2)25-15-17-10-12-24-20(14-17)29-19-8-6-5-7-9-19/h10,12,14,18-19H,3-9,11,13,15-16H2,1-2H3,(H2,23,25,26). The van der Waals surface area contributed by atoms with Crippen molar-refractivity contribution in [3.8, 4) is 5.88 Å². The Hall–Kier alpha value is -2.31. The van der Waals surface area contributed by atoms with Crippen LogP contribution in [0.4, 0.5) is 0 Å². The summed E-state index contributed by atoms with van der Waals surface area (Å²) in [5, 5.41) is 6.78. The van der Waals surface area contributed by atoms with Crippen molar-refractivity contribution in [3.05, 3.63) is 23.9 Å². The molecule has 29 heavy (non-hydrogen) atoms. The first-order valence-electron chi connectivity index (χ1n) is 11.1. The summed E-state index contributed by atoms with van der Waals surface area (Å²) in [6.45, 7) is 6.88. The third-order valence-corrected chi connectivity index (χ3v) is 5.59. The van der Waals surface area contributed by atoms with Crippen LogP contribution in [0, 0.1) is 0 Å². The fourth-order valence-electron chi connectivity index (χ4n) is 3.98. The van der Waals surface area contributed by atoms with Gasteiger partial charge in [0, 0.05) is 44.4 Å². The van der Waals surface area contributed by atoms with Gasteiger partial charge in [0.05, 0.1) is 6.54 Å². The largest absolute Gasteiger partial charge is 0.474 e. The molecule has 1 aromatic rings. The van der Waals surface area contributed by atoms with E-state index in [4.69, 9.17) is 9.73 Å². The lowest BCUT2D eigenvalue weighted by molar-refractivity contribution is -0.129. The Morgan fingerprint density at radius 2 is 2.10 bits per heavy atom. The molecule has 1 aliphatic heterocycles. The predicted molar refractivity (Wildman–Crippen MR) is 115 cm³/mol. The lowest BCUT2D eigenvalue weighted by atomic mass is 9.98. The van der Waals surface area contributed by atoms with Crippen LogP contribution in [0.5, 0.6) is 5.88 Å². The Morgan fingerprint density at radius 1 is 1.28 bits per heavy atom. The SMILES string of the molecule is CCNC(=NCc1ccnc(OC2CCCCC2)c1)NC1CCN(C(=O)CC)C1. The van der Waals surface area contributed by atoms with Crippen molar-refractivity contribution in [1.82, 2.24) is 20.5 Å². The first-order chi connectivity index (χ1) is 14.2. The molecular weight excluding hydrogens is 366 g/mol. The van der Waals surface area contributed by atoms with Gasteiger partial charge in [0.1, 0.15) is 6.10 Å². The molecule has 1 atom stereocenters. The van der Waals surface area contributed by atoms with Gasteiger partial charge in [0.25, 0.3) is 0 Å². The molecule has 1 saturated heterocycles. The fraction of sp³-hybridized carbons (Fsp3) is 0.682. The van der Waals surface area contributed by atoms with E-state index >= 15 is 0 Å². The van der Waals surface area contributed by atoms with Crippen LogP contribution in [0.1, 0.15) is 64.4 Å². The number of guanidine groups is 1. The van der Waals surface area contributed by atoms with Crippen LogP contribution in [0.25, 0.3) is 0 Å². The Kier molecular flexibility index (Phi) is 8.14. The normalized spacial score (nSPS) is 20.6. The lowest BCUT2D eigenvalue weighted by Crippen LogP contribution is -2.45. The Labute approximate surface area is 174 Å². The molecule has 2 fully saturated rings. The molecule has 0 spiro atoms. The number of carbonyl (C=O) groups excluding carboxylic acids is 1. The van der Waals surface area contributed by atoms with Gasteiger partial charge in [-0.05, 0) is 50.7 Å². The van der Waals surface area contributed by atoms with E-state index in [1.54, 1.807) is 6.20 Å². The number of ether oxygens (including phenoxy) is 1. The van der Waals surface area contributed by atoms with Gasteiger partial charge < -0.3 is 20.3 Å². The van der Waals surface area contributed by atoms with Crippen LogP contribution < -0.4 is 15.4 Å². The second kappa shape index (κ2) is 11.0. The van der Waals surface area contributed by atoms with Crippen molar-refractivity contribution in [2.24, 2.45) is 4.99 Å². The van der Waals surface area contributed by atoms with Crippen LogP contribution in [0.2, 0.25) is 0 Å². The van der Waals surface area contributed by atoms with Crippen molar-refractivity contribution in [1.29, 1.82) is 0 Å². The summed E-state index contributed by atoms with van der Waals surface area (Å²) in [6, 6.07) is 4.22. The maximum Gasteiger partial charge on any atom is 0.222 e. The Balaban J connectivity index is 1.55. The number of likely N-dealkylation sites (tertiary alicyclic amines) is 1. The van der Waals surface area contributed by atoms with Crippen molar-refractivity contribution >= 4 is 11.9 Å². The highest BCUT2D eigenvalue weighted by Crippen LogP contribution is 2.22. The van der Waals surface area contributed by atoms with Gasteiger partial charge in [-0.1, -0.05) is 13.3 Å². The molecule has 3 rings (SSSR count). The fourth-order valence-corrected chi connectivity index (χ4v) is 3.98. The molecule has 2 N–H and O–H groups in total. The van der Waals surface area contributed by atoms with Gasteiger partial charge in [0.15, 0.2) is 5.96 Å². The monoisotopic (exact) mass is 401 g/mol. The number of nitrogens with one attached hydrogen (secondary N) is 2. The molecule has 1 saturated carbocycles. The van der Waals surface area contributed by atoms with Crippen LogP contribution in [0.15, 0.2) is 23.3 Å². The molecule has 0 radical (unpaired) electrons. The van der Waals surface area contributed by atoms with E-state index in [-0.39, 0.29) is 11.9 Å². The van der Waals surface area contributed by atoms with Crippen LogP contribution in [-0.4, -0.2) is 53.5 Å². The summed E-state index contributed by atoms with van der Waals surface area (Å²) in [7, 11) is 0. The zero-order valence-corrected chi connectivity index (χ0v) is 17.8. The van der Waals surface area contributed by atoms with Crippen LogP contribution >= 0.6 is 0 Å². The van der Waals surface area contributed by atoms with E-state index in [0.717, 1.165) is 50.4 Å². The molecular formula is C22H35N5O2. The molecule has 2 heterocycles. The van der Waals surface area contributed by atoms with E-state index < -0.39 is 0 Å². The van der Waals surface area contributed by atoms with Gasteiger partial charge >= 0.3 is 0 Å². The second-order valence-corrected chi connectivity index (χ2v) is 7.90. The number of aliphatic imine (C=N–C) groups is 1. The number of hydrogen-bond acceptors (Lipinski definition) is 4. The minimum absolute atomic E-state index is 0.221. The molecule has 7 nitrogen and oxygen atoms in total. The van der Waals surface area contributed by atoms with E-state index in [1.165, 1.54) is 19.3 Å². The number of nitrogens with zero attached hydrogens (tertiary/aromatic N) is 3. The third kappa shape index (κ3) is 6.61. The van der Waals surface area contributed by atoms with Crippen molar-refractivity contribution in [2.45, 2.75) is 77.5 Å².